The fraction of sp³-hybridized carbons (Fsp3) is 0.280. The zero-order valence-corrected chi connectivity index (χ0v) is 17.4. The highest BCUT2D eigenvalue weighted by molar-refractivity contribution is 6.31. The normalized spacial score (nSPS) is 18.1. The second-order valence-electron chi connectivity index (χ2n) is 7.80. The first-order valence-electron chi connectivity index (χ1n) is 10.1. The van der Waals surface area contributed by atoms with Crippen molar-refractivity contribution in [2.75, 3.05) is 13.1 Å². The summed E-state index contributed by atoms with van der Waals surface area (Å²) in [6.45, 7) is 5.75. The first kappa shape index (κ1) is 20.1. The minimum absolute atomic E-state index is 0.0869. The summed E-state index contributed by atoms with van der Waals surface area (Å²) in [5.74, 6) is -0.198. The third kappa shape index (κ3) is 4.87. The Balaban J connectivity index is 1.64. The monoisotopic (exact) mass is 408 g/mol. The third-order valence-electron chi connectivity index (χ3n) is 5.57. The molecule has 4 rings (SSSR count). The Labute approximate surface area is 177 Å². The van der Waals surface area contributed by atoms with Crippen molar-refractivity contribution in [1.82, 2.24) is 9.80 Å². The van der Waals surface area contributed by atoms with Crippen LogP contribution in [0.5, 0.6) is 0 Å². The summed E-state index contributed by atoms with van der Waals surface area (Å²) in [5, 5.41) is 0.789. The van der Waals surface area contributed by atoms with Crippen molar-refractivity contribution in [2.45, 2.75) is 32.6 Å². The smallest absolute Gasteiger partial charge is 0.123 e. The van der Waals surface area contributed by atoms with Crippen LogP contribution in [0.1, 0.15) is 34.8 Å². The van der Waals surface area contributed by atoms with Crippen molar-refractivity contribution in [3.63, 3.8) is 0 Å². The third-order valence-corrected chi connectivity index (χ3v) is 5.92. The Morgan fingerprint density at radius 1 is 0.828 bits per heavy atom. The van der Waals surface area contributed by atoms with Gasteiger partial charge in [-0.15, -0.1) is 0 Å². The molecule has 0 radical (unpaired) electrons. The molecule has 1 saturated heterocycles. The van der Waals surface area contributed by atoms with Gasteiger partial charge in [-0.3, -0.25) is 9.80 Å². The van der Waals surface area contributed by atoms with E-state index in [1.165, 1.54) is 23.3 Å². The second kappa shape index (κ2) is 9.08. The summed E-state index contributed by atoms with van der Waals surface area (Å²) < 4.78 is 13.4. The lowest BCUT2D eigenvalue weighted by Gasteiger charge is -2.44. The minimum Gasteiger partial charge on any atom is -0.280 e. The SMILES string of the molecule is Cc1ccc(CN2CCCN(Cc3ccc(F)cc3)[C@@H]2c2ccccc2Cl)cc1. The standard InChI is InChI=1S/C25H26ClFN2/c1-19-7-9-20(10-8-19)17-28-15-4-16-29(18-21-11-13-22(27)14-12-21)25(28)23-5-2-3-6-24(23)26/h2-3,5-14,25H,4,15-18H2,1H3/t25-/m1/s1. The largest absolute Gasteiger partial charge is 0.280 e. The highest BCUT2D eigenvalue weighted by Gasteiger charge is 2.32. The molecule has 0 saturated carbocycles. The van der Waals surface area contributed by atoms with E-state index in [0.29, 0.717) is 0 Å². The fourth-order valence-corrected chi connectivity index (χ4v) is 4.35. The van der Waals surface area contributed by atoms with Gasteiger partial charge in [0, 0.05) is 36.8 Å². The van der Waals surface area contributed by atoms with Crippen molar-refractivity contribution in [1.29, 1.82) is 0 Å². The molecular weight excluding hydrogens is 383 g/mol. The van der Waals surface area contributed by atoms with Gasteiger partial charge in [0.05, 0.1) is 6.17 Å². The van der Waals surface area contributed by atoms with E-state index in [9.17, 15) is 4.39 Å². The number of rotatable bonds is 5. The van der Waals surface area contributed by atoms with E-state index in [0.717, 1.165) is 48.7 Å². The van der Waals surface area contributed by atoms with Gasteiger partial charge in [-0.25, -0.2) is 4.39 Å². The first-order chi connectivity index (χ1) is 14.1. The molecule has 1 aliphatic heterocycles. The highest BCUT2D eigenvalue weighted by atomic mass is 35.5. The molecule has 29 heavy (non-hydrogen) atoms. The first-order valence-corrected chi connectivity index (χ1v) is 10.5. The summed E-state index contributed by atoms with van der Waals surface area (Å²) in [4.78, 5) is 4.95. The van der Waals surface area contributed by atoms with Crippen LogP contribution in [-0.2, 0) is 13.1 Å². The van der Waals surface area contributed by atoms with Gasteiger partial charge in [-0.1, -0.05) is 71.8 Å². The van der Waals surface area contributed by atoms with Crippen LogP contribution < -0.4 is 0 Å². The van der Waals surface area contributed by atoms with Crippen molar-refractivity contribution < 1.29 is 4.39 Å². The number of nitrogens with zero attached hydrogens (tertiary/aromatic N) is 2. The Morgan fingerprint density at radius 3 is 1.97 bits per heavy atom. The van der Waals surface area contributed by atoms with Crippen LogP contribution in [0.3, 0.4) is 0 Å². The second-order valence-corrected chi connectivity index (χ2v) is 8.21. The predicted octanol–water partition coefficient (Wildman–Crippen LogP) is 6.19. The zero-order valence-electron chi connectivity index (χ0n) is 16.7. The van der Waals surface area contributed by atoms with Gasteiger partial charge in [0.2, 0.25) is 0 Å². The molecule has 3 aromatic carbocycles. The minimum atomic E-state index is -0.198. The van der Waals surface area contributed by atoms with E-state index in [4.69, 9.17) is 11.6 Å². The molecule has 0 amide bonds. The fourth-order valence-electron chi connectivity index (χ4n) is 4.11. The molecule has 0 spiro atoms. The summed E-state index contributed by atoms with van der Waals surface area (Å²) in [5.41, 5.74) is 4.81. The highest BCUT2D eigenvalue weighted by Crippen LogP contribution is 2.35. The van der Waals surface area contributed by atoms with Gasteiger partial charge in [0.1, 0.15) is 5.82 Å². The molecule has 1 heterocycles. The van der Waals surface area contributed by atoms with Gasteiger partial charge < -0.3 is 0 Å². The summed E-state index contributed by atoms with van der Waals surface area (Å²) in [6, 6.07) is 23.7. The molecule has 4 heteroatoms. The Kier molecular flexibility index (Phi) is 6.29. The molecule has 2 nitrogen and oxygen atoms in total. The van der Waals surface area contributed by atoms with Gasteiger partial charge >= 0.3 is 0 Å². The molecule has 3 aromatic rings. The predicted molar refractivity (Wildman–Crippen MR) is 117 cm³/mol. The number of halogens is 2. The number of hydrogen-bond acceptors (Lipinski definition) is 2. The van der Waals surface area contributed by atoms with Crippen LogP contribution in [0.15, 0.2) is 72.8 Å². The summed E-state index contributed by atoms with van der Waals surface area (Å²) in [6.07, 6.45) is 1.18. The van der Waals surface area contributed by atoms with Gasteiger partial charge in [-0.2, -0.15) is 0 Å². The van der Waals surface area contributed by atoms with Crippen LogP contribution in [0.4, 0.5) is 4.39 Å². The van der Waals surface area contributed by atoms with Crippen molar-refractivity contribution in [3.8, 4) is 0 Å². The van der Waals surface area contributed by atoms with E-state index >= 15 is 0 Å². The van der Waals surface area contributed by atoms with Crippen molar-refractivity contribution in [3.05, 3.63) is 106 Å². The summed E-state index contributed by atoms with van der Waals surface area (Å²) >= 11 is 6.63. The Hall–Kier alpha value is -2.20. The molecule has 1 atom stereocenters. The molecule has 0 aromatic heterocycles. The van der Waals surface area contributed by atoms with Crippen LogP contribution in [0.25, 0.3) is 0 Å². The molecule has 1 fully saturated rings. The summed E-state index contributed by atoms with van der Waals surface area (Å²) in [7, 11) is 0. The van der Waals surface area contributed by atoms with Crippen LogP contribution in [0, 0.1) is 12.7 Å². The van der Waals surface area contributed by atoms with E-state index in [2.05, 4.69) is 53.1 Å². The molecule has 0 unspecified atom stereocenters. The van der Waals surface area contributed by atoms with Crippen LogP contribution >= 0.6 is 11.6 Å². The van der Waals surface area contributed by atoms with Crippen LogP contribution in [0.2, 0.25) is 5.02 Å². The molecular formula is C25H26ClFN2. The molecule has 150 valence electrons. The lowest BCUT2D eigenvalue weighted by Crippen LogP contribution is -2.47. The van der Waals surface area contributed by atoms with Crippen molar-refractivity contribution in [2.24, 2.45) is 0 Å². The lowest BCUT2D eigenvalue weighted by atomic mass is 10.0. The van der Waals surface area contributed by atoms with Crippen molar-refractivity contribution >= 4 is 11.6 Å². The molecule has 1 aliphatic rings. The maximum Gasteiger partial charge on any atom is 0.123 e. The van der Waals surface area contributed by atoms with Gasteiger partial charge in [0.25, 0.3) is 0 Å². The van der Waals surface area contributed by atoms with Crippen LogP contribution in [-0.4, -0.2) is 22.9 Å². The van der Waals surface area contributed by atoms with E-state index in [1.807, 2.05) is 24.3 Å². The number of aryl methyl sites for hydroxylation is 1. The Bertz CT molecular complexity index is 884. The van der Waals surface area contributed by atoms with Gasteiger partial charge in [0.15, 0.2) is 0 Å². The average Bonchev–Trinajstić information content (AvgIpc) is 2.72. The maximum atomic E-state index is 13.4. The number of hydrogen-bond donors (Lipinski definition) is 0. The topological polar surface area (TPSA) is 6.48 Å². The van der Waals surface area contributed by atoms with E-state index in [1.54, 1.807) is 0 Å². The lowest BCUT2D eigenvalue weighted by molar-refractivity contribution is -0.00904. The zero-order chi connectivity index (χ0) is 20.2. The molecule has 0 aliphatic carbocycles. The van der Waals surface area contributed by atoms with E-state index in [-0.39, 0.29) is 12.0 Å². The quantitative estimate of drug-likeness (QED) is 0.496. The van der Waals surface area contributed by atoms with Gasteiger partial charge in [-0.05, 0) is 42.7 Å². The Morgan fingerprint density at radius 2 is 1.38 bits per heavy atom. The molecule has 0 bridgehead atoms. The van der Waals surface area contributed by atoms with E-state index < -0.39 is 0 Å². The number of benzene rings is 3. The molecule has 0 N–H and O–H groups in total. The average molecular weight is 409 g/mol. The maximum absolute atomic E-state index is 13.4.